The number of carbonyl (C=O) groups is 1. The van der Waals surface area contributed by atoms with Gasteiger partial charge in [-0.25, -0.2) is 9.97 Å². The molecular formula is C13H12N4O. The zero-order chi connectivity index (χ0) is 17.8. The molecule has 0 unspecified atom stereocenters. The highest BCUT2D eigenvalue weighted by Gasteiger charge is 2.25. The maximum Gasteiger partial charge on any atom is 0.259 e. The van der Waals surface area contributed by atoms with Crippen LogP contribution in [0.2, 0.25) is 1.41 Å². The first kappa shape index (κ1) is 5.95. The summed E-state index contributed by atoms with van der Waals surface area (Å²) in [5.74, 6) is -0.645. The van der Waals surface area contributed by atoms with E-state index in [0.717, 1.165) is 6.20 Å². The van der Waals surface area contributed by atoms with Crippen LogP contribution in [-0.4, -0.2) is 22.9 Å². The highest BCUT2D eigenvalue weighted by atomic mass is 16.1. The number of hydrogen-bond acceptors (Lipinski definition) is 4. The van der Waals surface area contributed by atoms with Gasteiger partial charge in [0.1, 0.15) is 5.82 Å². The van der Waals surface area contributed by atoms with E-state index >= 15 is 0 Å². The van der Waals surface area contributed by atoms with Crippen molar-refractivity contribution in [2.75, 3.05) is 17.3 Å². The lowest BCUT2D eigenvalue weighted by Crippen LogP contribution is -2.14. The predicted octanol–water partition coefficient (Wildman–Crippen LogP) is 2.12. The smallest absolute Gasteiger partial charge is 0.259 e. The summed E-state index contributed by atoms with van der Waals surface area (Å²) in [6.07, 6.45) is 2.31. The molecule has 0 radical (unpaired) electrons. The minimum Gasteiger partial charge on any atom is -0.318 e. The molecule has 0 fully saturated rings. The normalized spacial score (nSPS) is 19.5. The largest absolute Gasteiger partial charge is 0.318 e. The van der Waals surface area contributed by atoms with E-state index in [9.17, 15) is 4.79 Å². The van der Waals surface area contributed by atoms with Crippen LogP contribution in [0.25, 0.3) is 0 Å². The Kier molecular flexibility index (Phi) is 1.26. The van der Waals surface area contributed by atoms with Crippen LogP contribution >= 0.6 is 0 Å². The molecule has 1 N–H and O–H groups in total. The first-order chi connectivity index (χ1) is 11.1. The lowest BCUT2D eigenvalue weighted by molar-refractivity contribution is 0.102. The van der Waals surface area contributed by atoms with Gasteiger partial charge in [-0.2, -0.15) is 0 Å². The Morgan fingerprint density at radius 3 is 3.11 bits per heavy atom. The van der Waals surface area contributed by atoms with Gasteiger partial charge in [-0.15, -0.1) is 0 Å². The molecule has 5 heteroatoms. The summed E-state index contributed by atoms with van der Waals surface area (Å²) in [5.41, 5.74) is -0.720. The summed E-state index contributed by atoms with van der Waals surface area (Å²) in [7, 11) is 1.53. The minimum absolute atomic E-state index is 0.0129. The summed E-state index contributed by atoms with van der Waals surface area (Å²) < 4.78 is 46.5. The third-order valence-corrected chi connectivity index (χ3v) is 2.65. The Labute approximate surface area is 113 Å². The second-order valence-electron chi connectivity index (χ2n) is 3.73. The van der Waals surface area contributed by atoms with Crippen molar-refractivity contribution < 1.29 is 13.1 Å². The zero-order valence-electron chi connectivity index (χ0n) is 15.4. The lowest BCUT2D eigenvalue weighted by Gasteiger charge is -2.18. The molecule has 18 heavy (non-hydrogen) atoms. The Morgan fingerprint density at radius 1 is 1.44 bits per heavy atom. The monoisotopic (exact) mass is 246 g/mol. The van der Waals surface area contributed by atoms with Gasteiger partial charge in [0.15, 0.2) is 7.23 Å². The third kappa shape index (κ3) is 1.44. The summed E-state index contributed by atoms with van der Waals surface area (Å²) in [5, 5.41) is 0.408. The maximum absolute atomic E-state index is 12.6. The number of fused-ring (bicyclic) bond motifs is 2. The standard InChI is InChI=1S/C13H12N4O/c1-8-5-7-15-12-10(8)16-13(18)9-4-3-6-14-11(9)17(12)2/h3-7H,1-2H3,(H,16,18)/i1D3,3D,5D/hD. The Bertz CT molecular complexity index is 853. The molecule has 2 aromatic rings. The van der Waals surface area contributed by atoms with Crippen LogP contribution in [0.5, 0.6) is 0 Å². The molecule has 2 aromatic heterocycles. The van der Waals surface area contributed by atoms with Crippen molar-refractivity contribution in [2.24, 2.45) is 0 Å². The van der Waals surface area contributed by atoms with E-state index in [1.165, 1.54) is 24.2 Å². The van der Waals surface area contributed by atoms with Gasteiger partial charge in [0.2, 0.25) is 0 Å². The van der Waals surface area contributed by atoms with Gasteiger partial charge in [-0.05, 0) is 30.6 Å². The van der Waals surface area contributed by atoms with Crippen molar-refractivity contribution in [2.45, 2.75) is 6.85 Å². The third-order valence-electron chi connectivity index (χ3n) is 2.65. The summed E-state index contributed by atoms with van der Waals surface area (Å²) >= 11 is 0. The van der Waals surface area contributed by atoms with E-state index in [4.69, 9.17) is 8.27 Å². The molecule has 1 aliphatic rings. The summed E-state index contributed by atoms with van der Waals surface area (Å²) in [6.45, 7) is -2.70. The highest BCUT2D eigenvalue weighted by molar-refractivity contribution is 6.11. The van der Waals surface area contributed by atoms with Crippen LogP contribution in [0, 0.1) is 6.85 Å². The molecule has 0 aromatic carbocycles. The fourth-order valence-electron chi connectivity index (χ4n) is 1.79. The van der Waals surface area contributed by atoms with Crippen LogP contribution in [-0.2, 0) is 0 Å². The van der Waals surface area contributed by atoms with Crippen LogP contribution in [0.1, 0.15) is 22.8 Å². The number of rotatable bonds is 0. The molecule has 0 atom stereocenters. The Morgan fingerprint density at radius 2 is 2.28 bits per heavy atom. The zero-order valence-corrected chi connectivity index (χ0v) is 9.43. The molecule has 0 aliphatic carbocycles. The van der Waals surface area contributed by atoms with Gasteiger partial charge >= 0.3 is 0 Å². The van der Waals surface area contributed by atoms with Gasteiger partial charge in [-0.3, -0.25) is 4.79 Å². The quantitative estimate of drug-likeness (QED) is 0.773. The van der Waals surface area contributed by atoms with Crippen molar-refractivity contribution in [3.8, 4) is 0 Å². The van der Waals surface area contributed by atoms with E-state index in [-0.39, 0.29) is 35.0 Å². The molecule has 0 saturated heterocycles. The number of anilines is 3. The van der Waals surface area contributed by atoms with E-state index in [0.29, 0.717) is 5.31 Å². The number of amides is 1. The van der Waals surface area contributed by atoms with E-state index in [2.05, 4.69) is 9.97 Å². The number of aromatic nitrogens is 2. The number of nitrogens with one attached hydrogen (secondary N) is 1. The predicted molar refractivity (Wildman–Crippen MR) is 69.2 cm³/mol. The maximum atomic E-state index is 12.6. The van der Waals surface area contributed by atoms with Crippen molar-refractivity contribution in [3.05, 3.63) is 41.7 Å². The van der Waals surface area contributed by atoms with Crippen LogP contribution < -0.4 is 10.2 Å². The molecule has 1 amide bonds. The SMILES string of the molecule is [2H]c1cnc2c(c1)C(=O)N([2H])c1c(ncc([2H])c1C([2H])([2H])[2H])N2C. The fraction of sp³-hybridized carbons (Fsp3) is 0.154. The molecule has 0 spiro atoms. The Balaban J connectivity index is 2.37. The molecule has 5 nitrogen and oxygen atoms in total. The molecule has 0 saturated carbocycles. The van der Waals surface area contributed by atoms with Gasteiger partial charge in [-0.1, -0.05) is 0 Å². The van der Waals surface area contributed by atoms with Gasteiger partial charge in [0, 0.05) is 23.6 Å². The molecule has 3 heterocycles. The second kappa shape index (κ2) is 3.80. The van der Waals surface area contributed by atoms with Gasteiger partial charge < -0.3 is 10.2 Å². The highest BCUT2D eigenvalue weighted by Crippen LogP contribution is 2.35. The lowest BCUT2D eigenvalue weighted by atomic mass is 10.2. The topological polar surface area (TPSA) is 58.1 Å². The number of nitrogens with zero attached hydrogens (tertiary/aromatic N) is 3. The molecular weight excluding hydrogens is 228 g/mol. The Hall–Kier alpha value is -2.43. The molecule has 0 bridgehead atoms. The van der Waals surface area contributed by atoms with Crippen molar-refractivity contribution in [3.63, 3.8) is 0 Å². The molecule has 3 rings (SSSR count). The van der Waals surface area contributed by atoms with Gasteiger partial charge in [0.05, 0.1) is 14.0 Å². The summed E-state index contributed by atoms with van der Waals surface area (Å²) in [4.78, 5) is 22.0. The molecule has 1 aliphatic heterocycles. The first-order valence-electron chi connectivity index (χ1n) is 8.11. The van der Waals surface area contributed by atoms with Crippen LogP contribution in [0.3, 0.4) is 0 Å². The number of hydrogen-bond donors (Lipinski definition) is 1. The van der Waals surface area contributed by atoms with Crippen molar-refractivity contribution >= 4 is 23.2 Å². The van der Waals surface area contributed by atoms with Gasteiger partial charge in [0.25, 0.3) is 5.91 Å². The summed E-state index contributed by atoms with van der Waals surface area (Å²) in [6, 6.07) is 0.859. The average Bonchev–Trinajstić information content (AvgIpc) is 2.57. The fourth-order valence-corrected chi connectivity index (χ4v) is 1.79. The number of carbonyl (C=O) groups excluding carboxylic acids is 1. The second-order valence-corrected chi connectivity index (χ2v) is 3.73. The van der Waals surface area contributed by atoms with Crippen molar-refractivity contribution in [1.29, 1.82) is 0 Å². The van der Waals surface area contributed by atoms with Crippen LogP contribution in [0.15, 0.2) is 30.5 Å². The minimum atomic E-state index is -2.70. The van der Waals surface area contributed by atoms with Crippen LogP contribution in [0.4, 0.5) is 17.3 Å². The number of pyridine rings is 2. The van der Waals surface area contributed by atoms with E-state index in [1.807, 2.05) is 0 Å². The van der Waals surface area contributed by atoms with E-state index in [1.54, 1.807) is 0 Å². The van der Waals surface area contributed by atoms with Crippen molar-refractivity contribution in [1.82, 2.24) is 9.97 Å². The first-order valence-corrected chi connectivity index (χ1v) is 5.16. The molecule has 90 valence electrons. The van der Waals surface area contributed by atoms with E-state index < -0.39 is 18.3 Å². The average molecular weight is 246 g/mol.